The molecule has 0 bridgehead atoms. The average molecular weight is 473 g/mol. The maximum Gasteiger partial charge on any atom is 0.417 e. The van der Waals surface area contributed by atoms with Crippen LogP contribution in [0.4, 0.5) is 19.0 Å². The lowest BCUT2D eigenvalue weighted by molar-refractivity contribution is -0.140. The first-order valence-electron chi connectivity index (χ1n) is 11.3. The van der Waals surface area contributed by atoms with Crippen molar-refractivity contribution in [2.45, 2.75) is 44.7 Å². The van der Waals surface area contributed by atoms with Gasteiger partial charge in [0.15, 0.2) is 0 Å². The van der Waals surface area contributed by atoms with Gasteiger partial charge in [-0.25, -0.2) is 4.98 Å². The van der Waals surface area contributed by atoms with Crippen molar-refractivity contribution in [2.75, 3.05) is 37.6 Å². The fourth-order valence-corrected chi connectivity index (χ4v) is 4.80. The molecule has 1 saturated carbocycles. The molecule has 0 radical (unpaired) electrons. The Kier molecular flexibility index (Phi) is 6.83. The Labute approximate surface area is 190 Å². The van der Waals surface area contributed by atoms with Crippen molar-refractivity contribution in [2.24, 2.45) is 17.8 Å². The molecule has 3 heterocycles. The first-order valence-corrected chi connectivity index (χ1v) is 11.6. The van der Waals surface area contributed by atoms with E-state index in [2.05, 4.69) is 10.3 Å². The predicted octanol–water partition coefficient (Wildman–Crippen LogP) is 3.74. The van der Waals surface area contributed by atoms with E-state index in [1.54, 1.807) is 0 Å². The Morgan fingerprint density at radius 2 is 1.81 bits per heavy atom. The van der Waals surface area contributed by atoms with Gasteiger partial charge in [0.1, 0.15) is 5.82 Å². The minimum Gasteiger partial charge on any atom is -0.356 e. The van der Waals surface area contributed by atoms with Gasteiger partial charge in [-0.05, 0) is 50.5 Å². The molecule has 1 aromatic heterocycles. The molecule has 0 aromatic carbocycles. The van der Waals surface area contributed by atoms with Crippen LogP contribution in [0.2, 0.25) is 5.02 Å². The van der Waals surface area contributed by atoms with Crippen LogP contribution >= 0.6 is 11.6 Å². The third-order valence-corrected chi connectivity index (χ3v) is 6.94. The van der Waals surface area contributed by atoms with E-state index in [0.717, 1.165) is 31.6 Å². The van der Waals surface area contributed by atoms with E-state index in [-0.39, 0.29) is 28.7 Å². The van der Waals surface area contributed by atoms with Gasteiger partial charge in [0.05, 0.1) is 16.5 Å². The lowest BCUT2D eigenvalue weighted by Gasteiger charge is -2.38. The van der Waals surface area contributed by atoms with Crippen LogP contribution in [0.3, 0.4) is 0 Å². The van der Waals surface area contributed by atoms with Crippen molar-refractivity contribution < 1.29 is 22.8 Å². The van der Waals surface area contributed by atoms with Crippen molar-refractivity contribution in [3.05, 3.63) is 22.8 Å². The third kappa shape index (κ3) is 5.47. The zero-order valence-corrected chi connectivity index (χ0v) is 18.6. The largest absolute Gasteiger partial charge is 0.417 e. The van der Waals surface area contributed by atoms with Crippen LogP contribution in [0.15, 0.2) is 12.3 Å². The predicted molar refractivity (Wildman–Crippen MR) is 114 cm³/mol. The number of amides is 2. The summed E-state index contributed by atoms with van der Waals surface area (Å²) in [7, 11) is 0. The zero-order chi connectivity index (χ0) is 22.9. The summed E-state index contributed by atoms with van der Waals surface area (Å²) in [6.45, 7) is 2.85. The van der Waals surface area contributed by atoms with Gasteiger partial charge < -0.3 is 15.1 Å². The number of hydrogen-bond donors (Lipinski definition) is 1. The molecule has 2 aliphatic heterocycles. The van der Waals surface area contributed by atoms with Crippen molar-refractivity contribution in [1.29, 1.82) is 0 Å². The number of carbonyl (C=O) groups excluding carboxylic acids is 2. The number of hydrogen-bond acceptors (Lipinski definition) is 4. The molecule has 10 heteroatoms. The number of rotatable bonds is 5. The van der Waals surface area contributed by atoms with Gasteiger partial charge >= 0.3 is 6.18 Å². The molecule has 4 rings (SSSR count). The number of piperidine rings is 2. The van der Waals surface area contributed by atoms with Gasteiger partial charge in [0, 0.05) is 44.8 Å². The third-order valence-electron chi connectivity index (χ3n) is 6.66. The monoisotopic (exact) mass is 472 g/mol. The summed E-state index contributed by atoms with van der Waals surface area (Å²) in [5.74, 6) is 0.742. The molecule has 6 nitrogen and oxygen atoms in total. The fourth-order valence-electron chi connectivity index (χ4n) is 4.52. The van der Waals surface area contributed by atoms with Crippen molar-refractivity contribution in [1.82, 2.24) is 15.2 Å². The summed E-state index contributed by atoms with van der Waals surface area (Å²) >= 11 is 6.07. The second-order valence-corrected chi connectivity index (χ2v) is 9.51. The van der Waals surface area contributed by atoms with E-state index in [1.165, 1.54) is 12.8 Å². The normalized spacial score (nSPS) is 22.7. The Hall–Kier alpha value is -2.03. The molecule has 1 atom stereocenters. The summed E-state index contributed by atoms with van der Waals surface area (Å²) in [5.41, 5.74) is -0.878. The molecule has 2 amide bonds. The van der Waals surface area contributed by atoms with E-state index < -0.39 is 11.7 Å². The first-order chi connectivity index (χ1) is 15.2. The Balaban J connectivity index is 1.30. The molecule has 2 saturated heterocycles. The number of alkyl halides is 3. The van der Waals surface area contributed by atoms with Gasteiger partial charge in [0.25, 0.3) is 0 Å². The molecule has 1 aliphatic carbocycles. The maximum atomic E-state index is 13.1. The maximum absolute atomic E-state index is 13.1. The topological polar surface area (TPSA) is 65.5 Å². The smallest absolute Gasteiger partial charge is 0.356 e. The molecule has 1 aromatic rings. The van der Waals surface area contributed by atoms with Gasteiger partial charge in [-0.15, -0.1) is 0 Å². The van der Waals surface area contributed by atoms with Gasteiger partial charge in [-0.3, -0.25) is 9.59 Å². The second-order valence-electron chi connectivity index (χ2n) is 9.10. The van der Waals surface area contributed by atoms with Gasteiger partial charge in [-0.1, -0.05) is 11.6 Å². The number of pyridine rings is 1. The van der Waals surface area contributed by atoms with E-state index in [4.69, 9.17) is 11.6 Å². The Morgan fingerprint density at radius 1 is 1.09 bits per heavy atom. The summed E-state index contributed by atoms with van der Waals surface area (Å²) in [5, 5.41) is 2.98. The van der Waals surface area contributed by atoms with Crippen molar-refractivity contribution >= 4 is 29.2 Å². The molecule has 176 valence electrons. The SMILES string of the molecule is O=C(NCC1CC1)C1CCCN(C(=O)C2CCN(c3ncc(C(F)(F)F)cc3Cl)CC2)C1. The van der Waals surface area contributed by atoms with Gasteiger partial charge in [-0.2, -0.15) is 13.2 Å². The molecule has 1 unspecified atom stereocenters. The number of nitrogens with one attached hydrogen (secondary N) is 1. The summed E-state index contributed by atoms with van der Waals surface area (Å²) in [6.07, 6.45) is 1.44. The van der Waals surface area contributed by atoms with Crippen molar-refractivity contribution in [3.63, 3.8) is 0 Å². The van der Waals surface area contributed by atoms with Crippen LogP contribution in [-0.4, -0.2) is 54.4 Å². The van der Waals surface area contributed by atoms with E-state index in [1.807, 2.05) is 9.80 Å². The summed E-state index contributed by atoms with van der Waals surface area (Å²) in [6, 6.07) is 0.892. The van der Waals surface area contributed by atoms with Crippen LogP contribution in [0.5, 0.6) is 0 Å². The average Bonchev–Trinajstić information content (AvgIpc) is 3.61. The van der Waals surface area contributed by atoms with E-state index >= 15 is 0 Å². The van der Waals surface area contributed by atoms with Crippen LogP contribution in [-0.2, 0) is 15.8 Å². The number of anilines is 1. The highest BCUT2D eigenvalue weighted by atomic mass is 35.5. The van der Waals surface area contributed by atoms with Crippen LogP contribution in [0.1, 0.15) is 44.1 Å². The van der Waals surface area contributed by atoms with Crippen LogP contribution in [0.25, 0.3) is 0 Å². The molecule has 3 fully saturated rings. The molecule has 3 aliphatic rings. The highest BCUT2D eigenvalue weighted by Gasteiger charge is 2.35. The first kappa shape index (κ1) is 23.1. The van der Waals surface area contributed by atoms with Gasteiger partial charge in [0.2, 0.25) is 11.8 Å². The minimum absolute atomic E-state index is 0.0410. The molecule has 1 N–H and O–H groups in total. The number of likely N-dealkylation sites (tertiary alicyclic amines) is 1. The lowest BCUT2D eigenvalue weighted by Crippen LogP contribution is -2.49. The summed E-state index contributed by atoms with van der Waals surface area (Å²) < 4.78 is 38.5. The van der Waals surface area contributed by atoms with E-state index in [9.17, 15) is 22.8 Å². The van der Waals surface area contributed by atoms with Crippen LogP contribution < -0.4 is 10.2 Å². The fraction of sp³-hybridized carbons (Fsp3) is 0.682. The Bertz CT molecular complexity index is 854. The highest BCUT2D eigenvalue weighted by molar-refractivity contribution is 6.33. The standard InChI is InChI=1S/C22H28ClF3N4O2/c23-18-10-17(22(24,25)26)12-27-19(18)29-8-5-15(6-9-29)21(32)30-7-1-2-16(13-30)20(31)28-11-14-3-4-14/h10,12,14-16H,1-9,11,13H2,(H,28,31). The Morgan fingerprint density at radius 3 is 2.44 bits per heavy atom. The molecular formula is C22H28ClF3N4O2. The number of nitrogens with zero attached hydrogens (tertiary/aromatic N) is 3. The second kappa shape index (κ2) is 9.45. The number of halogens is 4. The zero-order valence-electron chi connectivity index (χ0n) is 17.8. The van der Waals surface area contributed by atoms with E-state index in [0.29, 0.717) is 50.8 Å². The number of aromatic nitrogens is 1. The summed E-state index contributed by atoms with van der Waals surface area (Å²) in [4.78, 5) is 33.1. The lowest BCUT2D eigenvalue weighted by atomic mass is 9.92. The highest BCUT2D eigenvalue weighted by Crippen LogP contribution is 2.35. The molecule has 0 spiro atoms. The van der Waals surface area contributed by atoms with Crippen molar-refractivity contribution in [3.8, 4) is 0 Å². The molecular weight excluding hydrogens is 445 g/mol. The van der Waals surface area contributed by atoms with Crippen LogP contribution in [0, 0.1) is 17.8 Å². The minimum atomic E-state index is -4.49. The quantitative estimate of drug-likeness (QED) is 0.709. The molecule has 32 heavy (non-hydrogen) atoms. The number of carbonyl (C=O) groups is 2.